The number of alkyl halides is 1. The van der Waals surface area contributed by atoms with Crippen molar-refractivity contribution in [2.75, 3.05) is 13.2 Å². The average Bonchev–Trinajstić information content (AvgIpc) is 2.50. The lowest BCUT2D eigenvalue weighted by atomic mass is 10.0. The second-order valence-corrected chi connectivity index (χ2v) is 6.31. The van der Waals surface area contributed by atoms with Crippen LogP contribution in [0.15, 0.2) is 46.9 Å². The molecule has 1 unspecified atom stereocenters. The molecule has 0 spiro atoms. The molecule has 2 aromatic carbocycles. The molecule has 4 heteroatoms. The third-order valence-electron chi connectivity index (χ3n) is 3.03. The lowest BCUT2D eigenvalue weighted by Crippen LogP contribution is -2.00. The van der Waals surface area contributed by atoms with Gasteiger partial charge in [0, 0.05) is 10.0 Å². The topological polar surface area (TPSA) is 18.5 Å². The van der Waals surface area contributed by atoms with Gasteiger partial charge < -0.3 is 9.47 Å². The molecule has 0 aliphatic rings. The van der Waals surface area contributed by atoms with Crippen LogP contribution in [-0.2, 0) is 0 Å². The Morgan fingerprint density at radius 1 is 0.952 bits per heavy atom. The zero-order valence-corrected chi connectivity index (χ0v) is 15.3. The van der Waals surface area contributed by atoms with E-state index < -0.39 is 0 Å². The molecule has 0 saturated carbocycles. The molecule has 0 radical (unpaired) electrons. The van der Waals surface area contributed by atoms with Crippen molar-refractivity contribution in [3.8, 4) is 11.5 Å². The van der Waals surface area contributed by atoms with E-state index in [1.165, 1.54) is 0 Å². The van der Waals surface area contributed by atoms with Crippen LogP contribution in [0.25, 0.3) is 0 Å². The second-order valence-electron chi connectivity index (χ2n) is 4.48. The molecule has 2 nitrogen and oxygen atoms in total. The maximum Gasteiger partial charge on any atom is 0.124 e. The quantitative estimate of drug-likeness (QED) is 0.563. The third kappa shape index (κ3) is 4.24. The average molecular weight is 414 g/mol. The summed E-state index contributed by atoms with van der Waals surface area (Å²) in [5.74, 6) is 1.79. The van der Waals surface area contributed by atoms with Crippen molar-refractivity contribution in [2.45, 2.75) is 18.7 Å². The van der Waals surface area contributed by atoms with E-state index in [-0.39, 0.29) is 4.83 Å². The van der Waals surface area contributed by atoms with Gasteiger partial charge >= 0.3 is 0 Å². The Bertz CT molecular complexity index is 582. The minimum Gasteiger partial charge on any atom is -0.494 e. The van der Waals surface area contributed by atoms with Gasteiger partial charge in [-0.1, -0.05) is 44.0 Å². The number of ether oxygens (including phenoxy) is 2. The summed E-state index contributed by atoms with van der Waals surface area (Å²) < 4.78 is 12.2. The summed E-state index contributed by atoms with van der Waals surface area (Å²) in [6, 6.07) is 14.2. The highest BCUT2D eigenvalue weighted by atomic mass is 79.9. The molecular formula is C17H18Br2O2. The Labute approximate surface area is 142 Å². The highest BCUT2D eigenvalue weighted by Gasteiger charge is 2.16. The lowest BCUT2D eigenvalue weighted by molar-refractivity contribution is 0.337. The van der Waals surface area contributed by atoms with Gasteiger partial charge in [0.15, 0.2) is 0 Å². The van der Waals surface area contributed by atoms with Crippen LogP contribution in [0.1, 0.15) is 29.8 Å². The van der Waals surface area contributed by atoms with Crippen LogP contribution in [-0.4, -0.2) is 13.2 Å². The van der Waals surface area contributed by atoms with E-state index in [2.05, 4.69) is 50.1 Å². The van der Waals surface area contributed by atoms with Gasteiger partial charge in [0.2, 0.25) is 0 Å². The van der Waals surface area contributed by atoms with Crippen LogP contribution in [0.4, 0.5) is 0 Å². The molecule has 0 saturated heterocycles. The fourth-order valence-electron chi connectivity index (χ4n) is 2.08. The van der Waals surface area contributed by atoms with Crippen molar-refractivity contribution in [1.82, 2.24) is 0 Å². The number of rotatable bonds is 6. The van der Waals surface area contributed by atoms with E-state index in [1.54, 1.807) is 0 Å². The first kappa shape index (κ1) is 16.4. The van der Waals surface area contributed by atoms with E-state index >= 15 is 0 Å². The Morgan fingerprint density at radius 2 is 1.62 bits per heavy atom. The largest absolute Gasteiger partial charge is 0.494 e. The van der Waals surface area contributed by atoms with E-state index in [1.807, 2.05) is 38.1 Å². The Hall–Kier alpha value is -1.00. The normalized spacial score (nSPS) is 12.0. The number of hydrogen-bond donors (Lipinski definition) is 0. The number of benzene rings is 2. The summed E-state index contributed by atoms with van der Waals surface area (Å²) >= 11 is 7.30. The highest BCUT2D eigenvalue weighted by Crippen LogP contribution is 2.38. The van der Waals surface area contributed by atoms with Gasteiger partial charge in [0.25, 0.3) is 0 Å². The maximum absolute atomic E-state index is 5.72. The molecule has 0 aromatic heterocycles. The van der Waals surface area contributed by atoms with Crippen molar-refractivity contribution in [3.05, 3.63) is 58.1 Å². The van der Waals surface area contributed by atoms with Gasteiger partial charge in [-0.2, -0.15) is 0 Å². The molecule has 2 rings (SSSR count). The fraction of sp³-hybridized carbons (Fsp3) is 0.294. The van der Waals surface area contributed by atoms with Crippen molar-refractivity contribution < 1.29 is 9.47 Å². The maximum atomic E-state index is 5.72. The number of halogens is 2. The molecule has 0 fully saturated rings. The summed E-state index contributed by atoms with van der Waals surface area (Å²) in [6.07, 6.45) is 0. The predicted octanol–water partition coefficient (Wildman–Crippen LogP) is 5.73. The van der Waals surface area contributed by atoms with Crippen LogP contribution in [0, 0.1) is 0 Å². The highest BCUT2D eigenvalue weighted by molar-refractivity contribution is 9.10. The molecule has 0 aliphatic carbocycles. The Morgan fingerprint density at radius 3 is 2.24 bits per heavy atom. The van der Waals surface area contributed by atoms with E-state index in [4.69, 9.17) is 9.47 Å². The van der Waals surface area contributed by atoms with Crippen LogP contribution in [0.5, 0.6) is 11.5 Å². The summed E-state index contributed by atoms with van der Waals surface area (Å²) in [7, 11) is 0. The predicted molar refractivity (Wildman–Crippen MR) is 93.7 cm³/mol. The first-order valence-electron chi connectivity index (χ1n) is 6.94. The van der Waals surface area contributed by atoms with Crippen LogP contribution in [0.3, 0.4) is 0 Å². The van der Waals surface area contributed by atoms with E-state index in [0.717, 1.165) is 27.1 Å². The van der Waals surface area contributed by atoms with Crippen molar-refractivity contribution >= 4 is 31.9 Å². The minimum absolute atomic E-state index is 0.0761. The zero-order chi connectivity index (χ0) is 15.2. The second kappa shape index (κ2) is 7.85. The van der Waals surface area contributed by atoms with Gasteiger partial charge in [-0.15, -0.1) is 0 Å². The molecule has 2 aromatic rings. The molecule has 0 N–H and O–H groups in total. The molecule has 112 valence electrons. The smallest absolute Gasteiger partial charge is 0.124 e. The van der Waals surface area contributed by atoms with Crippen LogP contribution < -0.4 is 9.47 Å². The van der Waals surface area contributed by atoms with Crippen LogP contribution >= 0.6 is 31.9 Å². The van der Waals surface area contributed by atoms with Gasteiger partial charge in [0.05, 0.1) is 18.0 Å². The molecule has 1 atom stereocenters. The Kier molecular flexibility index (Phi) is 6.12. The summed E-state index contributed by atoms with van der Waals surface area (Å²) in [5, 5.41) is 0. The van der Waals surface area contributed by atoms with E-state index in [9.17, 15) is 0 Å². The van der Waals surface area contributed by atoms with Gasteiger partial charge in [-0.3, -0.25) is 0 Å². The van der Waals surface area contributed by atoms with Crippen molar-refractivity contribution in [3.63, 3.8) is 0 Å². The first-order chi connectivity index (χ1) is 10.2. The number of hydrogen-bond acceptors (Lipinski definition) is 2. The standard InChI is InChI=1S/C17H18Br2O2/c1-3-20-14-8-5-12(6-9-14)17(19)15-11-13(18)7-10-16(15)21-4-2/h5-11,17H,3-4H2,1-2H3. The SMILES string of the molecule is CCOc1ccc(C(Br)c2cc(Br)ccc2OCC)cc1. The van der Waals surface area contributed by atoms with Crippen molar-refractivity contribution in [1.29, 1.82) is 0 Å². The van der Waals surface area contributed by atoms with Crippen molar-refractivity contribution in [2.24, 2.45) is 0 Å². The minimum atomic E-state index is 0.0761. The molecule has 0 heterocycles. The Balaban J connectivity index is 2.30. The molecular weight excluding hydrogens is 396 g/mol. The molecule has 0 aliphatic heterocycles. The van der Waals surface area contributed by atoms with Gasteiger partial charge in [0.1, 0.15) is 11.5 Å². The molecule has 0 amide bonds. The summed E-state index contributed by atoms with van der Waals surface area (Å²) in [4.78, 5) is 0.0761. The van der Waals surface area contributed by atoms with Crippen LogP contribution in [0.2, 0.25) is 0 Å². The molecule has 0 bridgehead atoms. The first-order valence-corrected chi connectivity index (χ1v) is 8.65. The van der Waals surface area contributed by atoms with Gasteiger partial charge in [-0.05, 0) is 49.7 Å². The summed E-state index contributed by atoms with van der Waals surface area (Å²) in [6.45, 7) is 5.30. The fourth-order valence-corrected chi connectivity index (χ4v) is 3.13. The monoisotopic (exact) mass is 412 g/mol. The summed E-state index contributed by atoms with van der Waals surface area (Å²) in [5.41, 5.74) is 2.27. The van der Waals surface area contributed by atoms with Gasteiger partial charge in [-0.25, -0.2) is 0 Å². The zero-order valence-electron chi connectivity index (χ0n) is 12.1. The lowest BCUT2D eigenvalue weighted by Gasteiger charge is -2.16. The molecule has 21 heavy (non-hydrogen) atoms. The van der Waals surface area contributed by atoms with E-state index in [0.29, 0.717) is 13.2 Å². The third-order valence-corrected chi connectivity index (χ3v) is 4.54.